The first-order chi connectivity index (χ1) is 9.99. The van der Waals surface area contributed by atoms with Crippen molar-refractivity contribution in [1.82, 2.24) is 15.1 Å². The van der Waals surface area contributed by atoms with Gasteiger partial charge in [0, 0.05) is 30.0 Å². The molecule has 0 unspecified atom stereocenters. The minimum absolute atomic E-state index is 0.0758. The summed E-state index contributed by atoms with van der Waals surface area (Å²) < 4.78 is 1.97. The number of nitrogen functional groups attached to an aromatic ring is 1. The van der Waals surface area contributed by atoms with E-state index in [1.165, 1.54) is 0 Å². The third-order valence-electron chi connectivity index (χ3n) is 3.56. The molecule has 3 N–H and O–H groups in total. The third-order valence-corrected chi connectivity index (χ3v) is 3.56. The molecule has 5 heteroatoms. The van der Waals surface area contributed by atoms with Crippen LogP contribution < -0.4 is 11.1 Å². The van der Waals surface area contributed by atoms with Gasteiger partial charge in [-0.25, -0.2) is 0 Å². The maximum atomic E-state index is 12.1. The number of carbonyl (C=O) groups excluding carboxylic acids is 1. The van der Waals surface area contributed by atoms with E-state index in [0.29, 0.717) is 17.8 Å². The Morgan fingerprint density at radius 1 is 1.33 bits per heavy atom. The zero-order valence-corrected chi connectivity index (χ0v) is 12.8. The van der Waals surface area contributed by atoms with Gasteiger partial charge in [0.1, 0.15) is 0 Å². The average molecular weight is 286 g/mol. The molecule has 0 fully saturated rings. The molecule has 2 aromatic rings. The number of hydrogen-bond donors (Lipinski definition) is 2. The van der Waals surface area contributed by atoms with Gasteiger partial charge in [-0.15, -0.1) is 0 Å². The maximum Gasteiger partial charge on any atom is 0.251 e. The topological polar surface area (TPSA) is 72.9 Å². The van der Waals surface area contributed by atoms with Crippen LogP contribution in [0.2, 0.25) is 0 Å². The molecule has 0 saturated carbocycles. The molecular weight excluding hydrogens is 264 g/mol. The van der Waals surface area contributed by atoms with Crippen molar-refractivity contribution >= 4 is 11.6 Å². The van der Waals surface area contributed by atoms with Crippen LogP contribution in [0.25, 0.3) is 0 Å². The monoisotopic (exact) mass is 286 g/mol. The molecule has 1 aromatic carbocycles. The number of benzene rings is 1. The summed E-state index contributed by atoms with van der Waals surface area (Å²) in [6, 6.07) is 7.44. The average Bonchev–Trinajstić information content (AvgIpc) is 2.76. The lowest BCUT2D eigenvalue weighted by molar-refractivity contribution is 0.0952. The smallest absolute Gasteiger partial charge is 0.251 e. The van der Waals surface area contributed by atoms with Crippen LogP contribution in [0.5, 0.6) is 0 Å². The van der Waals surface area contributed by atoms with Gasteiger partial charge < -0.3 is 11.1 Å². The highest BCUT2D eigenvalue weighted by Gasteiger charge is 2.09. The van der Waals surface area contributed by atoms with E-state index >= 15 is 0 Å². The Kier molecular flexibility index (Phi) is 4.62. The fourth-order valence-corrected chi connectivity index (χ4v) is 2.33. The lowest BCUT2D eigenvalue weighted by Gasteiger charge is -2.09. The van der Waals surface area contributed by atoms with Crippen molar-refractivity contribution in [2.45, 2.75) is 33.7 Å². The molecule has 0 bridgehead atoms. The molecule has 0 aliphatic carbocycles. The summed E-state index contributed by atoms with van der Waals surface area (Å²) in [4.78, 5) is 12.1. The van der Waals surface area contributed by atoms with Crippen LogP contribution >= 0.6 is 0 Å². The molecular formula is C16H22N4O. The first-order valence-corrected chi connectivity index (χ1v) is 7.13. The van der Waals surface area contributed by atoms with Gasteiger partial charge in [0.05, 0.1) is 5.69 Å². The Morgan fingerprint density at radius 3 is 2.76 bits per heavy atom. The predicted octanol–water partition coefficient (Wildman–Crippen LogP) is 2.21. The molecule has 2 rings (SSSR count). The highest BCUT2D eigenvalue weighted by Crippen LogP contribution is 2.15. The van der Waals surface area contributed by atoms with Crippen molar-refractivity contribution in [2.24, 2.45) is 0 Å². The highest BCUT2D eigenvalue weighted by molar-refractivity contribution is 5.96. The summed E-state index contributed by atoms with van der Waals surface area (Å²) in [5, 5.41) is 7.33. The molecule has 0 radical (unpaired) electrons. The number of aryl methyl sites for hydroxylation is 3. The quantitative estimate of drug-likeness (QED) is 0.654. The second-order valence-corrected chi connectivity index (χ2v) is 5.28. The third kappa shape index (κ3) is 3.62. The Morgan fingerprint density at radius 2 is 2.10 bits per heavy atom. The molecule has 0 atom stereocenters. The minimum atomic E-state index is -0.0758. The lowest BCUT2D eigenvalue weighted by atomic mass is 10.1. The maximum absolute atomic E-state index is 12.1. The van der Waals surface area contributed by atoms with E-state index < -0.39 is 0 Å². The molecule has 1 aromatic heterocycles. The molecule has 0 saturated heterocycles. The van der Waals surface area contributed by atoms with Gasteiger partial charge in [-0.1, -0.05) is 6.07 Å². The lowest BCUT2D eigenvalue weighted by Crippen LogP contribution is -2.26. The predicted molar refractivity (Wildman–Crippen MR) is 84.2 cm³/mol. The standard InChI is InChI=1S/C16H22N4O/c1-11-10-12(2)20(19-11)9-5-8-18-16(21)14-6-4-7-15(17)13(14)3/h4,6-7,10H,5,8-9,17H2,1-3H3,(H,18,21). The van der Waals surface area contributed by atoms with Crippen LogP contribution in [-0.4, -0.2) is 22.2 Å². The van der Waals surface area contributed by atoms with Crippen LogP contribution in [-0.2, 0) is 6.54 Å². The van der Waals surface area contributed by atoms with Gasteiger partial charge in [-0.2, -0.15) is 5.10 Å². The van der Waals surface area contributed by atoms with Crippen molar-refractivity contribution in [2.75, 3.05) is 12.3 Å². The van der Waals surface area contributed by atoms with Crippen molar-refractivity contribution in [3.05, 3.63) is 46.8 Å². The first-order valence-electron chi connectivity index (χ1n) is 7.13. The van der Waals surface area contributed by atoms with Crippen LogP contribution in [0.1, 0.15) is 33.7 Å². The summed E-state index contributed by atoms with van der Waals surface area (Å²) in [6.45, 7) is 7.30. The number of nitrogens with zero attached hydrogens (tertiary/aromatic N) is 2. The van der Waals surface area contributed by atoms with Crippen LogP contribution in [0.3, 0.4) is 0 Å². The van der Waals surface area contributed by atoms with Crippen molar-refractivity contribution in [1.29, 1.82) is 0 Å². The molecule has 0 spiro atoms. The normalized spacial score (nSPS) is 10.6. The molecule has 1 amide bonds. The number of nitrogens with one attached hydrogen (secondary N) is 1. The Hall–Kier alpha value is -2.30. The Bertz CT molecular complexity index is 646. The van der Waals surface area contributed by atoms with E-state index in [2.05, 4.69) is 16.5 Å². The van der Waals surface area contributed by atoms with Crippen molar-refractivity contribution < 1.29 is 4.79 Å². The number of amides is 1. The van der Waals surface area contributed by atoms with E-state index in [0.717, 1.165) is 29.9 Å². The van der Waals surface area contributed by atoms with Gasteiger partial charge in [-0.3, -0.25) is 9.48 Å². The molecule has 112 valence electrons. The van der Waals surface area contributed by atoms with E-state index in [1.807, 2.05) is 25.5 Å². The van der Waals surface area contributed by atoms with Gasteiger partial charge >= 0.3 is 0 Å². The summed E-state index contributed by atoms with van der Waals surface area (Å²) in [5.74, 6) is -0.0758. The van der Waals surface area contributed by atoms with E-state index in [-0.39, 0.29) is 5.91 Å². The fourth-order valence-electron chi connectivity index (χ4n) is 2.33. The van der Waals surface area contributed by atoms with Crippen molar-refractivity contribution in [3.8, 4) is 0 Å². The number of hydrogen-bond acceptors (Lipinski definition) is 3. The summed E-state index contributed by atoms with van der Waals surface area (Å²) in [5.41, 5.74) is 10.1. The number of anilines is 1. The molecule has 1 heterocycles. The second-order valence-electron chi connectivity index (χ2n) is 5.28. The van der Waals surface area contributed by atoms with Gasteiger partial charge in [0.25, 0.3) is 5.91 Å². The van der Waals surface area contributed by atoms with E-state index in [9.17, 15) is 4.79 Å². The van der Waals surface area contributed by atoms with Crippen LogP contribution in [0.15, 0.2) is 24.3 Å². The number of carbonyl (C=O) groups is 1. The number of aromatic nitrogens is 2. The Balaban J connectivity index is 1.85. The SMILES string of the molecule is Cc1cc(C)n(CCCNC(=O)c2cccc(N)c2C)n1. The number of rotatable bonds is 5. The molecule has 21 heavy (non-hydrogen) atoms. The van der Waals surface area contributed by atoms with E-state index in [4.69, 9.17) is 5.73 Å². The summed E-state index contributed by atoms with van der Waals surface area (Å²) >= 11 is 0. The number of nitrogens with two attached hydrogens (primary N) is 1. The molecule has 5 nitrogen and oxygen atoms in total. The zero-order chi connectivity index (χ0) is 15.4. The van der Waals surface area contributed by atoms with E-state index in [1.54, 1.807) is 18.2 Å². The molecule has 0 aliphatic rings. The zero-order valence-electron chi connectivity index (χ0n) is 12.8. The first kappa shape index (κ1) is 15.1. The summed E-state index contributed by atoms with van der Waals surface area (Å²) in [7, 11) is 0. The largest absolute Gasteiger partial charge is 0.398 e. The van der Waals surface area contributed by atoms with Crippen LogP contribution in [0.4, 0.5) is 5.69 Å². The van der Waals surface area contributed by atoms with Gasteiger partial charge in [0.15, 0.2) is 0 Å². The van der Waals surface area contributed by atoms with Gasteiger partial charge in [-0.05, 0) is 51.0 Å². The summed E-state index contributed by atoms with van der Waals surface area (Å²) in [6.07, 6.45) is 0.842. The van der Waals surface area contributed by atoms with Crippen molar-refractivity contribution in [3.63, 3.8) is 0 Å². The second kappa shape index (κ2) is 6.43. The van der Waals surface area contributed by atoms with Crippen LogP contribution in [0, 0.1) is 20.8 Å². The van der Waals surface area contributed by atoms with Gasteiger partial charge in [0.2, 0.25) is 0 Å². The Labute approximate surface area is 125 Å². The highest BCUT2D eigenvalue weighted by atomic mass is 16.1. The fraction of sp³-hybridized carbons (Fsp3) is 0.375. The molecule has 0 aliphatic heterocycles. The minimum Gasteiger partial charge on any atom is -0.398 e.